The van der Waals surface area contributed by atoms with E-state index in [2.05, 4.69) is 20.3 Å². The number of aromatic nitrogens is 2. The van der Waals surface area contributed by atoms with Crippen molar-refractivity contribution in [1.82, 2.24) is 15.3 Å². The van der Waals surface area contributed by atoms with Crippen LogP contribution in [-0.2, 0) is 4.79 Å². The molecule has 2 heterocycles. The molecule has 16 heavy (non-hydrogen) atoms. The van der Waals surface area contributed by atoms with Gasteiger partial charge in [0.1, 0.15) is 0 Å². The van der Waals surface area contributed by atoms with Crippen molar-refractivity contribution in [2.45, 2.75) is 13.8 Å². The van der Waals surface area contributed by atoms with Gasteiger partial charge in [-0.1, -0.05) is 11.8 Å². The zero-order chi connectivity index (χ0) is 10.8. The summed E-state index contributed by atoms with van der Waals surface area (Å²) in [5.74, 6) is 0.796. The minimum Gasteiger partial charge on any atom is -1.00 e. The lowest BCUT2D eigenvalue weighted by molar-refractivity contribution is -0.116. The first-order valence-corrected chi connectivity index (χ1v) is 5.46. The second-order valence-corrected chi connectivity index (χ2v) is 4.17. The highest BCUT2D eigenvalue weighted by atomic mass is 79.9. The van der Waals surface area contributed by atoms with E-state index < -0.39 is 0 Å². The van der Waals surface area contributed by atoms with E-state index in [1.807, 2.05) is 19.9 Å². The van der Waals surface area contributed by atoms with Crippen LogP contribution in [0.5, 0.6) is 0 Å². The van der Waals surface area contributed by atoms with Gasteiger partial charge in [-0.25, -0.2) is 9.97 Å². The first-order chi connectivity index (χ1) is 7.13. The zero-order valence-corrected chi connectivity index (χ0v) is 11.2. The van der Waals surface area contributed by atoms with Crippen molar-refractivity contribution < 1.29 is 21.8 Å². The molecule has 0 aliphatic carbocycles. The Morgan fingerprint density at radius 2 is 2.00 bits per heavy atom. The fourth-order valence-electron chi connectivity index (χ4n) is 1.23. The number of carbonyl (C=O) groups is 1. The van der Waals surface area contributed by atoms with Gasteiger partial charge in [-0.05, 0) is 19.9 Å². The molecular weight excluding hydrogens is 292 g/mol. The molecule has 1 aliphatic rings. The Kier molecular flexibility index (Phi) is 4.43. The molecule has 1 amide bonds. The summed E-state index contributed by atoms with van der Waals surface area (Å²) in [6, 6.07) is 1.88. The molecule has 5 nitrogen and oxygen atoms in total. The first-order valence-electron chi connectivity index (χ1n) is 4.47. The summed E-state index contributed by atoms with van der Waals surface area (Å²) in [4.78, 5) is 23.4. The predicted molar refractivity (Wildman–Crippen MR) is 59.2 cm³/mol. The lowest BCUT2D eigenvalue weighted by Gasteiger charge is -1.98. The monoisotopic (exact) mass is 301 g/mol. The highest BCUT2D eigenvalue weighted by Gasteiger charge is 2.16. The van der Waals surface area contributed by atoms with Crippen LogP contribution in [0.2, 0.25) is 0 Å². The van der Waals surface area contributed by atoms with Crippen molar-refractivity contribution in [3.8, 4) is 0 Å². The van der Waals surface area contributed by atoms with Crippen LogP contribution in [0.4, 0.5) is 5.95 Å². The molecule has 0 unspecified atom stereocenters. The average Bonchev–Trinajstić information content (AvgIpc) is 2.49. The molecule has 86 valence electrons. The van der Waals surface area contributed by atoms with Crippen LogP contribution in [0.15, 0.2) is 11.1 Å². The maximum absolute atomic E-state index is 10.9. The van der Waals surface area contributed by atoms with Gasteiger partial charge in [0.05, 0.1) is 5.75 Å². The Morgan fingerprint density at radius 1 is 1.38 bits per heavy atom. The molecular formula is C9H10BrN4OS-. The normalized spacial score (nSPS) is 17.1. The van der Waals surface area contributed by atoms with Crippen LogP contribution < -0.4 is 22.3 Å². The molecule has 0 spiro atoms. The molecule has 0 saturated carbocycles. The number of halogens is 1. The number of nitrogens with zero attached hydrogens (tertiary/aromatic N) is 3. The van der Waals surface area contributed by atoms with E-state index in [0.29, 0.717) is 16.9 Å². The van der Waals surface area contributed by atoms with Crippen LogP contribution in [0.25, 0.3) is 0 Å². The average molecular weight is 302 g/mol. The van der Waals surface area contributed by atoms with E-state index >= 15 is 0 Å². The molecule has 1 N–H and O–H groups in total. The minimum atomic E-state index is -0.0249. The molecule has 0 bridgehead atoms. The Labute approximate surface area is 108 Å². The second-order valence-electron chi connectivity index (χ2n) is 3.20. The summed E-state index contributed by atoms with van der Waals surface area (Å²) in [7, 11) is 0. The number of aliphatic imine (C=N–C) groups is 1. The van der Waals surface area contributed by atoms with E-state index in [4.69, 9.17) is 0 Å². The number of aryl methyl sites for hydroxylation is 2. The summed E-state index contributed by atoms with van der Waals surface area (Å²) in [5, 5.41) is 3.21. The summed E-state index contributed by atoms with van der Waals surface area (Å²) in [6.07, 6.45) is 0. The number of thioether (sulfide) groups is 1. The molecule has 1 aromatic rings. The van der Waals surface area contributed by atoms with Gasteiger partial charge in [-0.2, -0.15) is 4.99 Å². The van der Waals surface area contributed by atoms with Gasteiger partial charge in [0.2, 0.25) is 5.91 Å². The van der Waals surface area contributed by atoms with Crippen LogP contribution in [-0.4, -0.2) is 26.8 Å². The molecule has 1 aromatic heterocycles. The molecule has 7 heteroatoms. The fourth-order valence-corrected chi connectivity index (χ4v) is 1.91. The van der Waals surface area contributed by atoms with Crippen LogP contribution >= 0.6 is 11.8 Å². The largest absolute Gasteiger partial charge is 1.00 e. The molecule has 0 atom stereocenters. The van der Waals surface area contributed by atoms with Gasteiger partial charge >= 0.3 is 0 Å². The third-order valence-electron chi connectivity index (χ3n) is 1.76. The molecule has 2 rings (SSSR count). The first kappa shape index (κ1) is 13.1. The zero-order valence-electron chi connectivity index (χ0n) is 8.82. The standard InChI is InChI=1S/C9H10N4OS.BrH/c1-5-3-6(2)11-8(10-5)13-9-12-7(14)4-15-9;/h3H,4H2,1-2H3,(H,10,11,12,13,14);1H/p-1. The van der Waals surface area contributed by atoms with Gasteiger partial charge in [0.15, 0.2) is 5.17 Å². The quantitative estimate of drug-likeness (QED) is 0.648. The summed E-state index contributed by atoms with van der Waals surface area (Å²) >= 11 is 1.37. The van der Waals surface area contributed by atoms with Crippen LogP contribution in [0.1, 0.15) is 11.4 Å². The van der Waals surface area contributed by atoms with Crippen molar-refractivity contribution in [2.24, 2.45) is 4.99 Å². The second kappa shape index (κ2) is 5.40. The highest BCUT2D eigenvalue weighted by molar-refractivity contribution is 8.15. The Bertz CT molecular complexity index is 429. The van der Waals surface area contributed by atoms with E-state index in [-0.39, 0.29) is 22.9 Å². The Balaban J connectivity index is 0.00000128. The smallest absolute Gasteiger partial charge is 0.252 e. The number of amidine groups is 1. The van der Waals surface area contributed by atoms with Gasteiger partial charge in [0.25, 0.3) is 5.95 Å². The van der Waals surface area contributed by atoms with Crippen LogP contribution in [0, 0.1) is 13.8 Å². The molecule has 1 aliphatic heterocycles. The number of carbonyl (C=O) groups excluding carboxylic acids is 1. The van der Waals surface area contributed by atoms with Gasteiger partial charge < -0.3 is 22.3 Å². The number of hydrogen-bond donors (Lipinski definition) is 1. The maximum atomic E-state index is 10.9. The van der Waals surface area contributed by atoms with Crippen molar-refractivity contribution in [1.29, 1.82) is 0 Å². The topological polar surface area (TPSA) is 67.2 Å². The highest BCUT2D eigenvalue weighted by Crippen LogP contribution is 2.14. The van der Waals surface area contributed by atoms with E-state index in [1.54, 1.807) is 0 Å². The van der Waals surface area contributed by atoms with Gasteiger partial charge in [0, 0.05) is 11.4 Å². The SMILES string of the molecule is Cc1cc(C)nc(/N=C2/NC(=O)CS2)n1.[Br-]. The number of nitrogens with one attached hydrogen (secondary N) is 1. The van der Waals surface area contributed by atoms with Gasteiger partial charge in [-0.3, -0.25) is 4.79 Å². The number of amides is 1. The fraction of sp³-hybridized carbons (Fsp3) is 0.333. The summed E-state index contributed by atoms with van der Waals surface area (Å²) < 4.78 is 0. The number of hydrogen-bond acceptors (Lipinski definition) is 5. The lowest BCUT2D eigenvalue weighted by atomic mass is 10.4. The summed E-state index contributed by atoms with van der Waals surface area (Å²) in [6.45, 7) is 3.78. The minimum absolute atomic E-state index is 0. The molecule has 1 fully saturated rings. The van der Waals surface area contributed by atoms with Crippen LogP contribution in [0.3, 0.4) is 0 Å². The predicted octanol–water partition coefficient (Wildman–Crippen LogP) is -2.05. The molecule has 0 radical (unpaired) electrons. The Morgan fingerprint density at radius 3 is 2.50 bits per heavy atom. The third-order valence-corrected chi connectivity index (χ3v) is 2.63. The lowest BCUT2D eigenvalue weighted by Crippen LogP contribution is -3.00. The number of rotatable bonds is 1. The maximum Gasteiger partial charge on any atom is 0.252 e. The van der Waals surface area contributed by atoms with E-state index in [9.17, 15) is 4.79 Å². The van der Waals surface area contributed by atoms with E-state index in [0.717, 1.165) is 11.4 Å². The Hall–Kier alpha value is -0.950. The van der Waals surface area contributed by atoms with Crippen molar-refractivity contribution >= 4 is 28.8 Å². The van der Waals surface area contributed by atoms with Crippen molar-refractivity contribution in [2.75, 3.05) is 5.75 Å². The van der Waals surface area contributed by atoms with Crippen molar-refractivity contribution in [3.63, 3.8) is 0 Å². The molecule has 0 aromatic carbocycles. The molecule has 1 saturated heterocycles. The van der Waals surface area contributed by atoms with Gasteiger partial charge in [-0.15, -0.1) is 0 Å². The van der Waals surface area contributed by atoms with Crippen molar-refractivity contribution in [3.05, 3.63) is 17.5 Å². The van der Waals surface area contributed by atoms with E-state index in [1.165, 1.54) is 11.8 Å². The third kappa shape index (κ3) is 3.28. The summed E-state index contributed by atoms with van der Waals surface area (Å²) in [5.41, 5.74) is 1.74.